The van der Waals surface area contributed by atoms with Crippen LogP contribution >= 0.6 is 0 Å². The molecule has 0 fully saturated rings. The first-order valence-corrected chi connectivity index (χ1v) is 3.99. The first-order valence-electron chi connectivity index (χ1n) is 3.99. The average molecular weight is 170 g/mol. The van der Waals surface area contributed by atoms with E-state index < -0.39 is 0 Å². The Morgan fingerprint density at radius 3 is 3.23 bits per heavy atom. The van der Waals surface area contributed by atoms with Gasteiger partial charge in [0.1, 0.15) is 5.52 Å². The van der Waals surface area contributed by atoms with Crippen LogP contribution < -0.4 is 0 Å². The van der Waals surface area contributed by atoms with Crippen molar-refractivity contribution in [2.75, 3.05) is 0 Å². The second-order valence-electron chi connectivity index (χ2n) is 2.82. The molecule has 0 spiro atoms. The van der Waals surface area contributed by atoms with Crippen molar-refractivity contribution in [3.8, 4) is 0 Å². The second-order valence-corrected chi connectivity index (χ2v) is 2.82. The van der Waals surface area contributed by atoms with E-state index in [-0.39, 0.29) is 0 Å². The molecule has 0 amide bonds. The van der Waals surface area contributed by atoms with Crippen molar-refractivity contribution in [2.24, 2.45) is 0 Å². The summed E-state index contributed by atoms with van der Waals surface area (Å²) >= 11 is 0. The highest BCUT2D eigenvalue weighted by Gasteiger charge is 2.00. The number of hydrogen-bond donors (Lipinski definition) is 0. The number of fused-ring (bicyclic) bond motifs is 3. The van der Waals surface area contributed by atoms with Gasteiger partial charge < -0.3 is 0 Å². The second kappa shape index (κ2) is 2.26. The van der Waals surface area contributed by atoms with E-state index in [4.69, 9.17) is 0 Å². The van der Waals surface area contributed by atoms with E-state index in [1.807, 2.05) is 24.4 Å². The van der Waals surface area contributed by atoms with E-state index in [0.717, 1.165) is 16.4 Å². The summed E-state index contributed by atoms with van der Waals surface area (Å²) in [4.78, 5) is 4.28. The van der Waals surface area contributed by atoms with Gasteiger partial charge in [-0.2, -0.15) is 0 Å². The number of nitrogens with zero attached hydrogens (tertiary/aromatic N) is 4. The highest BCUT2D eigenvalue weighted by Crippen LogP contribution is 2.14. The molecule has 0 aromatic carbocycles. The largest absolute Gasteiger partial charge is 0.254 e. The van der Waals surface area contributed by atoms with Gasteiger partial charge in [-0.25, -0.2) is 4.52 Å². The highest BCUT2D eigenvalue weighted by molar-refractivity contribution is 5.91. The van der Waals surface area contributed by atoms with E-state index in [1.165, 1.54) is 0 Å². The van der Waals surface area contributed by atoms with Gasteiger partial charge in [0.2, 0.25) is 0 Å². The van der Waals surface area contributed by atoms with Gasteiger partial charge in [-0.05, 0) is 12.1 Å². The van der Waals surface area contributed by atoms with E-state index >= 15 is 0 Å². The molecule has 0 radical (unpaired) electrons. The number of pyridine rings is 2. The van der Waals surface area contributed by atoms with Crippen molar-refractivity contribution in [3.05, 3.63) is 36.8 Å². The van der Waals surface area contributed by atoms with E-state index in [2.05, 4.69) is 15.3 Å². The van der Waals surface area contributed by atoms with Gasteiger partial charge in [0.15, 0.2) is 0 Å². The highest BCUT2D eigenvalue weighted by atomic mass is 15.4. The SMILES string of the molecule is c1cnc2c(c1)ccn1nncc21. The summed E-state index contributed by atoms with van der Waals surface area (Å²) in [7, 11) is 0. The van der Waals surface area contributed by atoms with Crippen molar-refractivity contribution >= 4 is 16.4 Å². The van der Waals surface area contributed by atoms with Gasteiger partial charge in [0.25, 0.3) is 0 Å². The summed E-state index contributed by atoms with van der Waals surface area (Å²) in [6, 6.07) is 5.92. The molecule has 4 nitrogen and oxygen atoms in total. The Hall–Kier alpha value is -1.97. The van der Waals surface area contributed by atoms with Crippen LogP contribution in [0.5, 0.6) is 0 Å². The molecular formula is C9H6N4. The lowest BCUT2D eigenvalue weighted by Gasteiger charge is -1.96. The van der Waals surface area contributed by atoms with Crippen molar-refractivity contribution in [1.29, 1.82) is 0 Å². The van der Waals surface area contributed by atoms with Crippen LogP contribution in [-0.2, 0) is 0 Å². The maximum atomic E-state index is 4.28. The Balaban J connectivity index is 2.65. The smallest absolute Gasteiger partial charge is 0.113 e. The van der Waals surface area contributed by atoms with Crippen LogP contribution in [0, 0.1) is 0 Å². The summed E-state index contributed by atoms with van der Waals surface area (Å²) in [6.45, 7) is 0. The Labute approximate surface area is 73.8 Å². The van der Waals surface area contributed by atoms with E-state index in [0.29, 0.717) is 0 Å². The van der Waals surface area contributed by atoms with Crippen LogP contribution in [0.1, 0.15) is 0 Å². The normalized spacial score (nSPS) is 11.1. The minimum atomic E-state index is 0.940. The van der Waals surface area contributed by atoms with Crippen molar-refractivity contribution < 1.29 is 0 Å². The zero-order valence-corrected chi connectivity index (χ0v) is 6.75. The van der Waals surface area contributed by atoms with Crippen LogP contribution in [0.2, 0.25) is 0 Å². The molecule has 0 bridgehead atoms. The standard InChI is InChI=1S/C9H6N4/c1-2-7-3-5-13-8(6-11-12-13)9(7)10-4-1/h1-6H. The summed E-state index contributed by atoms with van der Waals surface area (Å²) in [5.41, 5.74) is 1.88. The lowest BCUT2D eigenvalue weighted by Crippen LogP contribution is -1.88. The molecule has 0 atom stereocenters. The fraction of sp³-hybridized carbons (Fsp3) is 0. The third kappa shape index (κ3) is 0.823. The lowest BCUT2D eigenvalue weighted by atomic mass is 10.2. The summed E-state index contributed by atoms with van der Waals surface area (Å²) in [5, 5.41) is 8.83. The maximum absolute atomic E-state index is 4.28. The molecule has 0 aliphatic carbocycles. The Morgan fingerprint density at radius 1 is 1.23 bits per heavy atom. The molecule has 3 heterocycles. The summed E-state index contributed by atoms with van der Waals surface area (Å²) in [6.07, 6.45) is 5.37. The maximum Gasteiger partial charge on any atom is 0.113 e. The molecule has 3 rings (SSSR count). The number of hydrogen-bond acceptors (Lipinski definition) is 3. The van der Waals surface area contributed by atoms with Gasteiger partial charge in [-0.15, -0.1) is 5.10 Å². The fourth-order valence-electron chi connectivity index (χ4n) is 1.44. The molecule has 0 saturated heterocycles. The predicted octanol–water partition coefficient (Wildman–Crippen LogP) is 1.28. The summed E-state index contributed by atoms with van der Waals surface area (Å²) < 4.78 is 1.72. The minimum Gasteiger partial charge on any atom is -0.254 e. The van der Waals surface area contributed by atoms with Gasteiger partial charge in [0.05, 0.1) is 11.7 Å². The quantitative estimate of drug-likeness (QED) is 0.510. The van der Waals surface area contributed by atoms with Gasteiger partial charge in [-0.3, -0.25) is 4.98 Å². The number of rotatable bonds is 0. The van der Waals surface area contributed by atoms with Crippen LogP contribution in [-0.4, -0.2) is 19.8 Å². The van der Waals surface area contributed by atoms with Crippen LogP contribution in [0.3, 0.4) is 0 Å². The molecule has 3 aromatic heterocycles. The molecule has 4 heteroatoms. The Morgan fingerprint density at radius 2 is 2.23 bits per heavy atom. The predicted molar refractivity (Wildman–Crippen MR) is 48.3 cm³/mol. The van der Waals surface area contributed by atoms with Gasteiger partial charge in [0, 0.05) is 17.8 Å². The van der Waals surface area contributed by atoms with Crippen LogP contribution in [0.4, 0.5) is 0 Å². The molecule has 62 valence electrons. The molecule has 0 aliphatic heterocycles. The topological polar surface area (TPSA) is 43.1 Å². The lowest BCUT2D eigenvalue weighted by molar-refractivity contribution is 0.857. The molecule has 3 aromatic rings. The van der Waals surface area contributed by atoms with Gasteiger partial charge >= 0.3 is 0 Å². The van der Waals surface area contributed by atoms with Crippen LogP contribution in [0.15, 0.2) is 36.8 Å². The number of aromatic nitrogens is 4. The van der Waals surface area contributed by atoms with Crippen molar-refractivity contribution in [1.82, 2.24) is 19.8 Å². The first-order chi connectivity index (χ1) is 6.45. The van der Waals surface area contributed by atoms with Crippen molar-refractivity contribution in [3.63, 3.8) is 0 Å². The van der Waals surface area contributed by atoms with Gasteiger partial charge in [-0.1, -0.05) is 11.3 Å². The Bertz CT molecular complexity index is 570. The third-order valence-electron chi connectivity index (χ3n) is 2.05. The van der Waals surface area contributed by atoms with E-state index in [1.54, 1.807) is 16.9 Å². The van der Waals surface area contributed by atoms with Crippen LogP contribution in [0.25, 0.3) is 16.4 Å². The molecular weight excluding hydrogens is 164 g/mol. The minimum absolute atomic E-state index is 0.940. The molecule has 0 N–H and O–H groups in total. The average Bonchev–Trinajstić information content (AvgIpc) is 2.65. The molecule has 0 saturated carbocycles. The summed E-state index contributed by atoms with van der Waals surface area (Å²) in [5.74, 6) is 0. The zero-order valence-electron chi connectivity index (χ0n) is 6.75. The van der Waals surface area contributed by atoms with Crippen molar-refractivity contribution in [2.45, 2.75) is 0 Å². The monoisotopic (exact) mass is 170 g/mol. The molecule has 0 unspecified atom stereocenters. The first kappa shape index (κ1) is 6.54. The Kier molecular flexibility index (Phi) is 1.14. The molecule has 0 aliphatic rings. The fourth-order valence-corrected chi connectivity index (χ4v) is 1.44. The van der Waals surface area contributed by atoms with E-state index in [9.17, 15) is 0 Å². The molecule has 13 heavy (non-hydrogen) atoms. The zero-order chi connectivity index (χ0) is 8.67. The third-order valence-corrected chi connectivity index (χ3v) is 2.05.